The van der Waals surface area contributed by atoms with Gasteiger partial charge in [0.25, 0.3) is 10.0 Å². The summed E-state index contributed by atoms with van der Waals surface area (Å²) in [4.78, 5) is 0. The van der Waals surface area contributed by atoms with E-state index in [4.69, 9.17) is 10.2 Å². The Balaban J connectivity index is 0.00000312. The van der Waals surface area contributed by atoms with Gasteiger partial charge in [0.05, 0.1) is 0 Å². The molecule has 154 valence electrons. The SMILES string of the molecule is CC(C)CN[C@H]1CN(CCCO)S(=O)(=O)c2sc(S(N)(=O)=O)cc21.Cl.O. The highest BCUT2D eigenvalue weighted by molar-refractivity contribution is 7.94. The number of halogens is 1. The first kappa shape index (κ1) is 25.7. The van der Waals surface area contributed by atoms with Crippen molar-refractivity contribution in [2.75, 3.05) is 26.2 Å². The molecule has 6 N–H and O–H groups in total. The molecule has 1 aromatic heterocycles. The molecule has 0 saturated carbocycles. The molecule has 0 saturated heterocycles. The summed E-state index contributed by atoms with van der Waals surface area (Å²) in [6.07, 6.45) is 0.318. The largest absolute Gasteiger partial charge is 0.412 e. The molecule has 0 bridgehead atoms. The fourth-order valence-electron chi connectivity index (χ4n) is 2.48. The van der Waals surface area contributed by atoms with Crippen LogP contribution < -0.4 is 10.5 Å². The number of fused-ring (bicyclic) bond motifs is 1. The van der Waals surface area contributed by atoms with Crippen LogP contribution in [0.15, 0.2) is 14.5 Å². The summed E-state index contributed by atoms with van der Waals surface area (Å²) in [5.74, 6) is 0.356. The van der Waals surface area contributed by atoms with E-state index in [0.717, 1.165) is 0 Å². The average molecular weight is 452 g/mol. The minimum Gasteiger partial charge on any atom is -0.412 e. The van der Waals surface area contributed by atoms with Gasteiger partial charge in [0.15, 0.2) is 0 Å². The van der Waals surface area contributed by atoms with E-state index < -0.39 is 20.0 Å². The smallest absolute Gasteiger partial charge is 0.252 e. The second-order valence-corrected chi connectivity index (χ2v) is 11.1. The van der Waals surface area contributed by atoms with Crippen molar-refractivity contribution in [3.8, 4) is 0 Å². The molecule has 0 spiro atoms. The van der Waals surface area contributed by atoms with Crippen LogP contribution in [0.1, 0.15) is 31.9 Å². The molecule has 1 atom stereocenters. The van der Waals surface area contributed by atoms with Gasteiger partial charge >= 0.3 is 0 Å². The van der Waals surface area contributed by atoms with Gasteiger partial charge in [-0.2, -0.15) is 4.31 Å². The van der Waals surface area contributed by atoms with E-state index in [1.807, 2.05) is 13.8 Å². The molecule has 0 fully saturated rings. The summed E-state index contributed by atoms with van der Waals surface area (Å²) in [6, 6.07) is 1.05. The van der Waals surface area contributed by atoms with Crippen molar-refractivity contribution in [3.05, 3.63) is 11.6 Å². The van der Waals surface area contributed by atoms with Crippen LogP contribution in [0, 0.1) is 5.92 Å². The summed E-state index contributed by atoms with van der Waals surface area (Å²) in [6.45, 7) is 4.98. The van der Waals surface area contributed by atoms with Gasteiger partial charge in [0, 0.05) is 31.3 Å². The predicted octanol–water partition coefficient (Wildman–Crippen LogP) is -0.334. The number of aliphatic hydroxyl groups excluding tert-OH is 1. The maximum Gasteiger partial charge on any atom is 0.252 e. The van der Waals surface area contributed by atoms with E-state index in [0.29, 0.717) is 35.8 Å². The number of primary sulfonamides is 1. The van der Waals surface area contributed by atoms with Crippen molar-refractivity contribution >= 4 is 43.8 Å². The van der Waals surface area contributed by atoms with Crippen molar-refractivity contribution in [2.24, 2.45) is 11.1 Å². The second-order valence-electron chi connectivity index (χ2n) is 6.15. The summed E-state index contributed by atoms with van der Waals surface area (Å²) >= 11 is 0.679. The number of thiophene rings is 1. The summed E-state index contributed by atoms with van der Waals surface area (Å²) in [7, 11) is -7.75. The number of nitrogens with two attached hydrogens (primary N) is 1. The lowest BCUT2D eigenvalue weighted by Gasteiger charge is -2.32. The number of nitrogens with one attached hydrogen (secondary N) is 1. The van der Waals surface area contributed by atoms with Gasteiger partial charge in [-0.05, 0) is 24.9 Å². The Hall–Kier alpha value is -0.310. The van der Waals surface area contributed by atoms with Gasteiger partial charge in [-0.25, -0.2) is 22.0 Å². The van der Waals surface area contributed by atoms with E-state index in [-0.39, 0.29) is 52.0 Å². The Labute approximate surface area is 164 Å². The highest BCUT2D eigenvalue weighted by atomic mass is 35.5. The van der Waals surface area contributed by atoms with Gasteiger partial charge in [-0.3, -0.25) is 0 Å². The fourth-order valence-corrected chi connectivity index (χ4v) is 6.79. The normalized spacial score (nSPS) is 19.5. The monoisotopic (exact) mass is 451 g/mol. The lowest BCUT2D eigenvalue weighted by Crippen LogP contribution is -2.44. The molecule has 0 aromatic carbocycles. The predicted molar refractivity (Wildman–Crippen MR) is 103 cm³/mol. The van der Waals surface area contributed by atoms with E-state index in [1.54, 1.807) is 0 Å². The van der Waals surface area contributed by atoms with Gasteiger partial charge < -0.3 is 15.9 Å². The zero-order valence-electron chi connectivity index (χ0n) is 14.5. The van der Waals surface area contributed by atoms with Gasteiger partial charge in [0.2, 0.25) is 10.0 Å². The van der Waals surface area contributed by atoms with Gasteiger partial charge in [-0.1, -0.05) is 13.8 Å². The van der Waals surface area contributed by atoms with E-state index in [1.165, 1.54) is 10.4 Å². The highest BCUT2D eigenvalue weighted by Crippen LogP contribution is 2.39. The lowest BCUT2D eigenvalue weighted by atomic mass is 10.1. The molecule has 13 heteroatoms. The molecule has 9 nitrogen and oxygen atoms in total. The molecule has 1 aliphatic rings. The van der Waals surface area contributed by atoms with Crippen molar-refractivity contribution in [3.63, 3.8) is 0 Å². The zero-order valence-corrected chi connectivity index (χ0v) is 17.8. The van der Waals surface area contributed by atoms with Crippen LogP contribution in [0.5, 0.6) is 0 Å². The first-order valence-electron chi connectivity index (χ1n) is 7.58. The molecular formula is C13H26ClN3O6S3. The molecular weight excluding hydrogens is 426 g/mol. The average Bonchev–Trinajstić information content (AvgIpc) is 2.91. The minimum atomic E-state index is -3.97. The highest BCUT2D eigenvalue weighted by Gasteiger charge is 2.39. The number of aliphatic hydroxyl groups is 1. The third-order valence-corrected chi connectivity index (χ3v) is 8.62. The summed E-state index contributed by atoms with van der Waals surface area (Å²) in [5.41, 5.74) is 0.449. The third-order valence-electron chi connectivity index (χ3n) is 3.66. The minimum absolute atomic E-state index is 0. The number of rotatable bonds is 7. The molecule has 26 heavy (non-hydrogen) atoms. The van der Waals surface area contributed by atoms with Crippen LogP contribution in [-0.4, -0.2) is 58.0 Å². The Bertz CT molecular complexity index is 794. The van der Waals surface area contributed by atoms with E-state index >= 15 is 0 Å². The number of hydrogen-bond donors (Lipinski definition) is 3. The van der Waals surface area contributed by atoms with Gasteiger partial charge in [0.1, 0.15) is 8.42 Å². The van der Waals surface area contributed by atoms with E-state index in [2.05, 4.69) is 5.32 Å². The molecule has 0 unspecified atom stereocenters. The summed E-state index contributed by atoms with van der Waals surface area (Å²) in [5, 5.41) is 17.4. The van der Waals surface area contributed by atoms with Crippen molar-refractivity contribution in [1.29, 1.82) is 0 Å². The maximum atomic E-state index is 12.7. The number of nitrogens with zero attached hydrogens (tertiary/aromatic N) is 1. The standard InChI is InChI=1S/C13H23N3O5S3.ClH.H2O/c1-9(2)7-15-11-8-16(4-3-5-17)24(20,21)13-10(11)6-12(22-13)23(14,18)19;;/h6,9,11,15,17H,3-5,7-8H2,1-2H3,(H2,14,18,19);1H;1H2/t11-;;/m0../s1. The molecule has 2 heterocycles. The first-order valence-corrected chi connectivity index (χ1v) is 11.4. The Morgan fingerprint density at radius 1 is 1.46 bits per heavy atom. The fraction of sp³-hybridized carbons (Fsp3) is 0.692. The Kier molecular flexibility index (Phi) is 9.64. The number of hydrogen-bond acceptors (Lipinski definition) is 7. The first-order chi connectivity index (χ1) is 11.1. The Morgan fingerprint density at radius 3 is 2.58 bits per heavy atom. The topological polar surface area (TPSA) is 161 Å². The third kappa shape index (κ3) is 5.59. The Morgan fingerprint density at radius 2 is 2.08 bits per heavy atom. The van der Waals surface area contributed by atoms with Crippen LogP contribution in [0.3, 0.4) is 0 Å². The van der Waals surface area contributed by atoms with Crippen LogP contribution in [0.4, 0.5) is 0 Å². The van der Waals surface area contributed by atoms with Crippen molar-refractivity contribution in [2.45, 2.75) is 34.7 Å². The van der Waals surface area contributed by atoms with Crippen molar-refractivity contribution in [1.82, 2.24) is 9.62 Å². The van der Waals surface area contributed by atoms with Gasteiger partial charge in [-0.15, -0.1) is 23.7 Å². The maximum absolute atomic E-state index is 12.7. The number of sulfonamides is 2. The van der Waals surface area contributed by atoms with Crippen LogP contribution in [0.2, 0.25) is 0 Å². The van der Waals surface area contributed by atoms with Crippen LogP contribution in [-0.2, 0) is 20.0 Å². The summed E-state index contributed by atoms with van der Waals surface area (Å²) < 4.78 is 49.8. The molecule has 0 aliphatic carbocycles. The van der Waals surface area contributed by atoms with Crippen molar-refractivity contribution < 1.29 is 27.4 Å². The molecule has 2 rings (SSSR count). The zero-order chi connectivity index (χ0) is 18.1. The molecule has 1 aromatic rings. The molecule has 1 aliphatic heterocycles. The second kappa shape index (κ2) is 9.75. The van der Waals surface area contributed by atoms with Crippen LogP contribution in [0.25, 0.3) is 0 Å². The quantitative estimate of drug-likeness (QED) is 0.513. The van der Waals surface area contributed by atoms with E-state index in [9.17, 15) is 16.8 Å². The van der Waals surface area contributed by atoms with Crippen LogP contribution >= 0.6 is 23.7 Å². The molecule has 0 radical (unpaired) electrons. The molecule has 0 amide bonds. The lowest BCUT2D eigenvalue weighted by molar-refractivity contribution is 0.259.